The average molecular weight is 355 g/mol. The van der Waals surface area contributed by atoms with Gasteiger partial charge in [0, 0.05) is 37.5 Å². The minimum atomic E-state index is -0.478. The number of rotatable bonds is 7. The molecule has 1 aliphatic heterocycles. The average Bonchev–Trinajstić information content (AvgIpc) is 3.24. The van der Waals surface area contributed by atoms with Crippen LogP contribution < -0.4 is 10.0 Å². The lowest BCUT2D eigenvalue weighted by atomic mass is 10.1. The Labute approximate surface area is 149 Å². The molecular formula is C17H19N6O3+. The first-order valence-electron chi connectivity index (χ1n) is 8.22. The number of aryl methyl sites for hydroxylation is 1. The fraction of sp³-hybridized carbons (Fsp3) is 0.294. The van der Waals surface area contributed by atoms with E-state index in [1.807, 2.05) is 10.8 Å². The van der Waals surface area contributed by atoms with Crippen LogP contribution in [0.1, 0.15) is 13.3 Å². The van der Waals surface area contributed by atoms with Crippen molar-refractivity contribution in [2.75, 3.05) is 11.6 Å². The van der Waals surface area contributed by atoms with Crippen LogP contribution in [0.25, 0.3) is 0 Å². The summed E-state index contributed by atoms with van der Waals surface area (Å²) in [7, 11) is 0. The highest BCUT2D eigenvalue weighted by atomic mass is 16.6. The number of hydrazone groups is 1. The van der Waals surface area contributed by atoms with Gasteiger partial charge in [-0.1, -0.05) is 0 Å². The van der Waals surface area contributed by atoms with E-state index >= 15 is 0 Å². The number of amides is 1. The van der Waals surface area contributed by atoms with Crippen LogP contribution in [0, 0.1) is 16.0 Å². The Morgan fingerprint density at radius 3 is 2.77 bits per heavy atom. The molecule has 1 N–H and O–H groups in total. The molecule has 1 aromatic carbocycles. The number of imidazole rings is 1. The SMILES string of the molecule is CC1=NN(c2ccc([N+](=O)[O-])cc2)C(=O)[C@@H]1C=[NH+]CCCn1ccnc1. The van der Waals surface area contributed by atoms with Gasteiger partial charge in [0.2, 0.25) is 0 Å². The number of hydrogen-bond donors (Lipinski definition) is 1. The van der Waals surface area contributed by atoms with Crippen LogP contribution in [0.5, 0.6) is 0 Å². The predicted octanol–water partition coefficient (Wildman–Crippen LogP) is 0.372. The highest BCUT2D eigenvalue weighted by Crippen LogP contribution is 2.24. The lowest BCUT2D eigenvalue weighted by Gasteiger charge is -2.11. The quantitative estimate of drug-likeness (QED) is 0.335. The molecule has 26 heavy (non-hydrogen) atoms. The smallest absolute Gasteiger partial charge is 0.269 e. The zero-order valence-electron chi connectivity index (χ0n) is 14.3. The molecule has 1 atom stereocenters. The number of non-ortho nitro benzene ring substituents is 1. The maximum atomic E-state index is 12.6. The molecule has 0 radical (unpaired) electrons. The Morgan fingerprint density at radius 1 is 1.35 bits per heavy atom. The number of benzene rings is 1. The molecule has 1 aromatic heterocycles. The third-order valence-electron chi connectivity index (χ3n) is 4.07. The number of nitrogens with zero attached hydrogens (tertiary/aromatic N) is 5. The van der Waals surface area contributed by atoms with Crippen LogP contribution >= 0.6 is 0 Å². The van der Waals surface area contributed by atoms with E-state index in [2.05, 4.69) is 15.1 Å². The fourth-order valence-corrected chi connectivity index (χ4v) is 2.66. The molecule has 0 unspecified atom stereocenters. The summed E-state index contributed by atoms with van der Waals surface area (Å²) in [6, 6.07) is 5.76. The largest absolute Gasteiger partial charge is 0.337 e. The molecule has 3 rings (SSSR count). The Balaban J connectivity index is 1.58. The highest BCUT2D eigenvalue weighted by molar-refractivity contribution is 6.22. The normalized spacial score (nSPS) is 17.1. The summed E-state index contributed by atoms with van der Waals surface area (Å²) >= 11 is 0. The number of nitro benzene ring substituents is 1. The van der Waals surface area contributed by atoms with E-state index < -0.39 is 10.8 Å². The second-order valence-corrected chi connectivity index (χ2v) is 5.92. The van der Waals surface area contributed by atoms with Gasteiger partial charge >= 0.3 is 0 Å². The molecular weight excluding hydrogens is 336 g/mol. The lowest BCUT2D eigenvalue weighted by Crippen LogP contribution is -2.71. The molecule has 0 aliphatic carbocycles. The summed E-state index contributed by atoms with van der Waals surface area (Å²) in [5, 5.41) is 16.3. The van der Waals surface area contributed by atoms with Crippen molar-refractivity contribution in [3.05, 3.63) is 53.1 Å². The molecule has 2 heterocycles. The Bertz CT molecular complexity index is 842. The lowest BCUT2D eigenvalue weighted by molar-refractivity contribution is -0.454. The molecule has 2 aromatic rings. The van der Waals surface area contributed by atoms with Crippen LogP contribution in [0.4, 0.5) is 11.4 Å². The zero-order valence-corrected chi connectivity index (χ0v) is 14.3. The van der Waals surface area contributed by atoms with Gasteiger partial charge in [0.15, 0.2) is 12.1 Å². The van der Waals surface area contributed by atoms with Crippen molar-refractivity contribution in [1.82, 2.24) is 9.55 Å². The molecule has 0 bridgehead atoms. The summed E-state index contributed by atoms with van der Waals surface area (Å²) in [5.74, 6) is -0.628. The van der Waals surface area contributed by atoms with Crippen molar-refractivity contribution in [3.63, 3.8) is 0 Å². The van der Waals surface area contributed by atoms with Crippen molar-refractivity contribution in [1.29, 1.82) is 0 Å². The van der Waals surface area contributed by atoms with E-state index in [1.165, 1.54) is 29.3 Å². The summed E-state index contributed by atoms with van der Waals surface area (Å²) in [6.45, 7) is 3.37. The molecule has 134 valence electrons. The van der Waals surface area contributed by atoms with Crippen molar-refractivity contribution in [3.8, 4) is 0 Å². The van der Waals surface area contributed by atoms with Gasteiger partial charge in [-0.2, -0.15) is 10.1 Å². The van der Waals surface area contributed by atoms with E-state index in [1.54, 1.807) is 25.7 Å². The number of carbonyl (C=O) groups excluding carboxylic acids is 1. The molecule has 0 saturated heterocycles. The van der Waals surface area contributed by atoms with Gasteiger partial charge in [0.25, 0.3) is 11.6 Å². The Kier molecular flexibility index (Phi) is 5.16. The van der Waals surface area contributed by atoms with Crippen LogP contribution in [-0.4, -0.2) is 38.9 Å². The molecule has 9 heteroatoms. The molecule has 0 spiro atoms. The first kappa shape index (κ1) is 17.5. The van der Waals surface area contributed by atoms with Crippen LogP contribution in [0.2, 0.25) is 0 Å². The Morgan fingerprint density at radius 2 is 2.12 bits per heavy atom. The highest BCUT2D eigenvalue weighted by Gasteiger charge is 2.35. The van der Waals surface area contributed by atoms with E-state index in [0.717, 1.165) is 19.5 Å². The number of aromatic nitrogens is 2. The third-order valence-corrected chi connectivity index (χ3v) is 4.07. The van der Waals surface area contributed by atoms with Crippen LogP contribution in [0.3, 0.4) is 0 Å². The van der Waals surface area contributed by atoms with Crippen molar-refractivity contribution >= 4 is 29.2 Å². The zero-order chi connectivity index (χ0) is 18.5. The van der Waals surface area contributed by atoms with Gasteiger partial charge in [-0.3, -0.25) is 19.9 Å². The number of hydrogen-bond acceptors (Lipinski definition) is 5. The third kappa shape index (κ3) is 3.82. The number of nitrogens with one attached hydrogen (secondary N) is 1. The standard InChI is InChI=1S/C17H18N6O3/c1-13-16(11-18-7-2-9-21-10-8-19-12-21)17(24)22(20-13)14-3-5-15(6-4-14)23(25)26/h3-6,8,10-12,16H,2,7,9H2,1H3/p+1/t16-/m1/s1. The van der Waals surface area contributed by atoms with Crippen molar-refractivity contribution in [2.24, 2.45) is 11.0 Å². The second-order valence-electron chi connectivity index (χ2n) is 5.92. The molecule has 9 nitrogen and oxygen atoms in total. The summed E-state index contributed by atoms with van der Waals surface area (Å²) in [4.78, 5) is 30.0. The molecule has 1 amide bonds. The van der Waals surface area contributed by atoms with E-state index in [0.29, 0.717) is 11.4 Å². The number of nitro groups is 1. The molecule has 0 fully saturated rings. The molecule has 0 saturated carbocycles. The number of anilines is 1. The molecule has 1 aliphatic rings. The van der Waals surface area contributed by atoms with Crippen molar-refractivity contribution in [2.45, 2.75) is 19.9 Å². The minimum Gasteiger partial charge on any atom is -0.337 e. The number of carbonyl (C=O) groups is 1. The maximum absolute atomic E-state index is 12.6. The van der Waals surface area contributed by atoms with Gasteiger partial charge in [-0.15, -0.1) is 0 Å². The van der Waals surface area contributed by atoms with E-state index in [4.69, 9.17) is 0 Å². The maximum Gasteiger partial charge on any atom is 0.269 e. The van der Waals surface area contributed by atoms with E-state index in [9.17, 15) is 14.9 Å². The first-order valence-corrected chi connectivity index (χ1v) is 8.22. The van der Waals surface area contributed by atoms with Gasteiger partial charge in [0.1, 0.15) is 6.54 Å². The second kappa shape index (κ2) is 7.68. The van der Waals surface area contributed by atoms with E-state index in [-0.39, 0.29) is 11.6 Å². The summed E-state index contributed by atoms with van der Waals surface area (Å²) in [5.41, 5.74) is 1.16. The van der Waals surface area contributed by atoms with Gasteiger partial charge in [-0.25, -0.2) is 4.98 Å². The minimum absolute atomic E-state index is 0.0243. The Hall–Kier alpha value is -3.36. The van der Waals surface area contributed by atoms with Crippen molar-refractivity contribution < 1.29 is 14.7 Å². The van der Waals surface area contributed by atoms with Gasteiger partial charge < -0.3 is 4.57 Å². The predicted molar refractivity (Wildman–Crippen MR) is 95.9 cm³/mol. The monoisotopic (exact) mass is 355 g/mol. The van der Waals surface area contributed by atoms with Gasteiger partial charge in [0.05, 0.1) is 22.6 Å². The topological polar surface area (TPSA) is 108 Å². The summed E-state index contributed by atoms with van der Waals surface area (Å²) in [6.07, 6.45) is 8.06. The first-order chi connectivity index (χ1) is 12.6. The summed E-state index contributed by atoms with van der Waals surface area (Å²) < 4.78 is 1.99. The van der Waals surface area contributed by atoms with Crippen LogP contribution in [0.15, 0.2) is 48.1 Å². The van der Waals surface area contributed by atoms with Gasteiger partial charge in [-0.05, 0) is 19.1 Å². The fourth-order valence-electron chi connectivity index (χ4n) is 2.66. The van der Waals surface area contributed by atoms with Crippen LogP contribution in [-0.2, 0) is 11.3 Å².